The minimum atomic E-state index is -3.19. The first-order valence-electron chi connectivity index (χ1n) is 3.58. The van der Waals surface area contributed by atoms with Gasteiger partial charge in [-0.1, -0.05) is 18.2 Å². The lowest BCUT2D eigenvalue weighted by molar-refractivity contribution is 0.0780. The number of hydrogen-bond acceptors (Lipinski definition) is 4. The molecule has 2 N–H and O–H groups in total. The van der Waals surface area contributed by atoms with E-state index in [1.165, 1.54) is 12.1 Å². The summed E-state index contributed by atoms with van der Waals surface area (Å²) in [5.74, 6) is 0.213. The quantitative estimate of drug-likeness (QED) is 0.544. The van der Waals surface area contributed by atoms with Gasteiger partial charge >= 0.3 is 6.03 Å². The van der Waals surface area contributed by atoms with E-state index in [2.05, 4.69) is 0 Å². The Kier molecular flexibility index (Phi) is 3.29. The van der Waals surface area contributed by atoms with Gasteiger partial charge in [0.05, 0.1) is 0 Å². The van der Waals surface area contributed by atoms with E-state index in [0.717, 1.165) is 0 Å². The first-order chi connectivity index (χ1) is 6.61. The van der Waals surface area contributed by atoms with Crippen molar-refractivity contribution in [1.29, 1.82) is 0 Å². The maximum atomic E-state index is 10.6. The van der Waals surface area contributed by atoms with E-state index in [9.17, 15) is 13.2 Å². The number of nitrogens with zero attached hydrogens (tertiary/aromatic N) is 1. The lowest BCUT2D eigenvalue weighted by atomic mass is 10.3. The van der Waals surface area contributed by atoms with Crippen LogP contribution in [0.5, 0.6) is 5.75 Å². The van der Waals surface area contributed by atoms with Gasteiger partial charge in [-0.2, -0.15) is 0 Å². The number of hydroxylamine groups is 1. The van der Waals surface area contributed by atoms with Gasteiger partial charge in [0.1, 0.15) is 0 Å². The summed E-state index contributed by atoms with van der Waals surface area (Å²) in [6.07, 6.45) is 0. The van der Waals surface area contributed by atoms with Gasteiger partial charge in [-0.25, -0.2) is 13.2 Å². The van der Waals surface area contributed by atoms with Gasteiger partial charge < -0.3 is 10.6 Å². The zero-order valence-corrected chi connectivity index (χ0v) is 7.89. The van der Waals surface area contributed by atoms with Crippen molar-refractivity contribution in [1.82, 2.24) is 4.47 Å². The summed E-state index contributed by atoms with van der Waals surface area (Å²) in [7, 11) is -3.19. The Balaban J connectivity index is 2.80. The molecule has 0 atom stereocenters. The van der Waals surface area contributed by atoms with E-state index >= 15 is 0 Å². The highest BCUT2D eigenvalue weighted by Gasteiger charge is 2.13. The maximum Gasteiger partial charge on any atom is 0.362 e. The Hall–Kier alpha value is -1.76. The van der Waals surface area contributed by atoms with Gasteiger partial charge in [0.2, 0.25) is 0 Å². The van der Waals surface area contributed by atoms with Crippen molar-refractivity contribution < 1.29 is 18.0 Å². The average molecular weight is 216 g/mol. The van der Waals surface area contributed by atoms with Crippen molar-refractivity contribution in [3.05, 3.63) is 30.3 Å². The zero-order chi connectivity index (χ0) is 10.6. The van der Waals surface area contributed by atoms with Gasteiger partial charge in [-0.3, -0.25) is 0 Å². The van der Waals surface area contributed by atoms with Crippen LogP contribution < -0.4 is 10.6 Å². The van der Waals surface area contributed by atoms with Crippen LogP contribution in [0.1, 0.15) is 0 Å². The Bertz CT molecular complexity index is 382. The fraction of sp³-hybridized carbons (Fsp3) is 0. The minimum Gasteiger partial charge on any atom is -0.360 e. The molecule has 6 nitrogen and oxygen atoms in total. The van der Waals surface area contributed by atoms with Crippen LogP contribution in [-0.4, -0.2) is 18.9 Å². The summed E-state index contributed by atoms with van der Waals surface area (Å²) in [6, 6.07) is 6.78. The first-order valence-corrected chi connectivity index (χ1v) is 4.71. The molecule has 2 amide bonds. The standard InChI is InChI=1S/C7H8N2O4S/c8-7(10)9(14(11)12)13-6-4-2-1-3-5-6/h1-5,14H,(H2,8,10). The molecule has 0 aliphatic rings. The third kappa shape index (κ3) is 2.63. The summed E-state index contributed by atoms with van der Waals surface area (Å²) < 4.78 is 21.1. The topological polar surface area (TPSA) is 89.7 Å². The van der Waals surface area contributed by atoms with E-state index in [1.54, 1.807) is 18.2 Å². The highest BCUT2D eigenvalue weighted by Crippen LogP contribution is 2.10. The van der Waals surface area contributed by atoms with Gasteiger partial charge in [0.25, 0.3) is 10.9 Å². The van der Waals surface area contributed by atoms with Gasteiger partial charge in [0.15, 0.2) is 5.75 Å². The minimum absolute atomic E-state index is 0.0880. The van der Waals surface area contributed by atoms with E-state index in [4.69, 9.17) is 10.6 Å². The lowest BCUT2D eigenvalue weighted by Crippen LogP contribution is -2.37. The molecular weight excluding hydrogens is 208 g/mol. The molecule has 0 heterocycles. The largest absolute Gasteiger partial charge is 0.362 e. The fourth-order valence-electron chi connectivity index (χ4n) is 0.740. The molecule has 0 bridgehead atoms. The molecule has 1 rings (SSSR count). The van der Waals surface area contributed by atoms with Crippen molar-refractivity contribution in [3.8, 4) is 5.75 Å². The molecule has 0 aliphatic heterocycles. The Morgan fingerprint density at radius 1 is 1.29 bits per heavy atom. The van der Waals surface area contributed by atoms with Crippen LogP contribution >= 0.6 is 0 Å². The summed E-state index contributed by atoms with van der Waals surface area (Å²) in [6.45, 7) is 0. The number of urea groups is 1. The summed E-state index contributed by atoms with van der Waals surface area (Å²) >= 11 is 0. The van der Waals surface area contributed by atoms with E-state index in [1.807, 2.05) is 0 Å². The maximum absolute atomic E-state index is 10.6. The lowest BCUT2D eigenvalue weighted by Gasteiger charge is -2.12. The third-order valence-electron chi connectivity index (χ3n) is 1.27. The normalized spacial score (nSPS) is 9.79. The number of amides is 2. The summed E-state index contributed by atoms with van der Waals surface area (Å²) in [4.78, 5) is 15.3. The molecule has 0 radical (unpaired) electrons. The van der Waals surface area contributed by atoms with Crippen molar-refractivity contribution in [3.63, 3.8) is 0 Å². The van der Waals surface area contributed by atoms with Gasteiger partial charge in [-0.05, 0) is 16.6 Å². The van der Waals surface area contributed by atoms with Crippen LogP contribution in [0.2, 0.25) is 0 Å². The fourth-order valence-corrected chi connectivity index (χ4v) is 1.06. The molecule has 14 heavy (non-hydrogen) atoms. The number of rotatable bonds is 3. The van der Waals surface area contributed by atoms with Gasteiger partial charge in [0, 0.05) is 0 Å². The molecule has 76 valence electrons. The number of primary amides is 1. The Morgan fingerprint density at radius 3 is 2.29 bits per heavy atom. The summed E-state index contributed by atoms with van der Waals surface area (Å²) in [5, 5.41) is 0. The molecule has 0 fully saturated rings. The first kappa shape index (κ1) is 10.3. The number of para-hydroxylation sites is 1. The van der Waals surface area contributed by atoms with E-state index in [0.29, 0.717) is 0 Å². The third-order valence-corrected chi connectivity index (χ3v) is 1.85. The van der Waals surface area contributed by atoms with Gasteiger partial charge in [-0.15, -0.1) is 0 Å². The highest BCUT2D eigenvalue weighted by atomic mass is 32.2. The van der Waals surface area contributed by atoms with Crippen molar-refractivity contribution in [2.24, 2.45) is 5.73 Å². The van der Waals surface area contributed by atoms with Crippen LogP contribution in [-0.2, 0) is 10.9 Å². The molecule has 0 saturated heterocycles. The van der Waals surface area contributed by atoms with Crippen LogP contribution in [0, 0.1) is 0 Å². The Morgan fingerprint density at radius 2 is 1.86 bits per heavy atom. The molecule has 0 saturated carbocycles. The molecular formula is C7H8N2O4S. The zero-order valence-electron chi connectivity index (χ0n) is 6.99. The molecule has 1 aromatic rings. The second-order valence-electron chi connectivity index (χ2n) is 2.25. The van der Waals surface area contributed by atoms with Crippen LogP contribution in [0.25, 0.3) is 0 Å². The number of carbonyl (C=O) groups excluding carboxylic acids is 1. The van der Waals surface area contributed by atoms with Crippen molar-refractivity contribution >= 4 is 16.9 Å². The number of carbonyl (C=O) groups is 1. The molecule has 0 aromatic heterocycles. The number of hydrogen-bond donors (Lipinski definition) is 2. The van der Waals surface area contributed by atoms with E-state index < -0.39 is 16.9 Å². The number of nitrogens with two attached hydrogens (primary N) is 1. The second kappa shape index (κ2) is 4.47. The smallest absolute Gasteiger partial charge is 0.360 e. The van der Waals surface area contributed by atoms with Crippen LogP contribution in [0.15, 0.2) is 30.3 Å². The van der Waals surface area contributed by atoms with Crippen molar-refractivity contribution in [2.75, 3.05) is 0 Å². The predicted octanol–water partition coefficient (Wildman–Crippen LogP) is -0.112. The molecule has 7 heteroatoms. The Labute approximate surface area is 81.9 Å². The molecule has 0 aliphatic carbocycles. The molecule has 0 unspecified atom stereocenters. The van der Waals surface area contributed by atoms with E-state index in [-0.39, 0.29) is 10.2 Å². The van der Waals surface area contributed by atoms with Crippen LogP contribution in [0.4, 0.5) is 4.79 Å². The molecule has 0 spiro atoms. The molecule has 1 aromatic carbocycles. The monoisotopic (exact) mass is 216 g/mol. The number of benzene rings is 1. The summed E-state index contributed by atoms with van der Waals surface area (Å²) in [5.41, 5.74) is 4.76. The average Bonchev–Trinajstić information content (AvgIpc) is 2.15. The van der Waals surface area contributed by atoms with Crippen molar-refractivity contribution in [2.45, 2.75) is 0 Å². The SMILES string of the molecule is NC(=O)N(Oc1ccccc1)[SH](=O)=O. The number of thiol groups is 1. The predicted molar refractivity (Wildman–Crippen MR) is 48.8 cm³/mol. The highest BCUT2D eigenvalue weighted by molar-refractivity contribution is 7.70. The van der Waals surface area contributed by atoms with Crippen LogP contribution in [0.3, 0.4) is 0 Å². The second-order valence-corrected chi connectivity index (χ2v) is 3.09.